The lowest BCUT2D eigenvalue weighted by molar-refractivity contribution is -0.199. The Balaban J connectivity index is 0.000000236. The van der Waals surface area contributed by atoms with Crippen LogP contribution in [-0.2, 0) is 41.2 Å². The summed E-state index contributed by atoms with van der Waals surface area (Å²) in [7, 11) is -3.40. The van der Waals surface area contributed by atoms with Crippen LogP contribution in [0, 0.1) is 23.2 Å². The molecule has 6 N–H and O–H groups in total. The first kappa shape index (κ1) is 55.3. The molecule has 8 atom stereocenters. The highest BCUT2D eigenvalue weighted by Gasteiger charge is 2.68. The second kappa shape index (κ2) is 24.0. The number of nitrogens with one attached hydrogen (secondary N) is 2. The van der Waals surface area contributed by atoms with Gasteiger partial charge in [0.2, 0.25) is 11.8 Å². The number of piperidine rings is 2. The Bertz CT molecular complexity index is 2050. The summed E-state index contributed by atoms with van der Waals surface area (Å²) in [4.78, 5) is 52.7. The van der Waals surface area contributed by atoms with E-state index in [1.807, 2.05) is 81.4 Å². The molecular weight excluding hydrogens is 881 g/mol. The number of rotatable bonds is 14. The predicted molar refractivity (Wildman–Crippen MR) is 266 cm³/mol. The molecular formula is C50H75B3N4O12. The predicted octanol–water partition coefficient (Wildman–Crippen LogP) is 5.18. The summed E-state index contributed by atoms with van der Waals surface area (Å²) >= 11 is 0. The van der Waals surface area contributed by atoms with Gasteiger partial charge < -0.3 is 59.3 Å². The zero-order valence-electron chi connectivity index (χ0n) is 41.7. The molecule has 2 unspecified atom stereocenters. The SMILES string of the molecule is C=CC(=O)N1CCCC(C)(OC(=O)N[C@@H](Cc2ccccc2)B(O)O)C1.C=CC(=O)N1CCCC(C)(OC(=O)N[C@@H](Cc2ccccc2)B2O[C@@H]3C[C@@H]4C[C@@H](C4(C)C)[C@]3(C)O2)C1.CC(C)CB(O)O. The highest BCUT2D eigenvalue weighted by Crippen LogP contribution is 2.65. The minimum Gasteiger partial charge on any atom is -0.441 e. The summed E-state index contributed by atoms with van der Waals surface area (Å²) in [5.74, 6) is -0.174. The highest BCUT2D eigenvalue weighted by atomic mass is 16.7. The molecule has 8 rings (SSSR count). The van der Waals surface area contributed by atoms with Gasteiger partial charge in [-0.1, -0.05) is 102 Å². The molecule has 19 heteroatoms. The van der Waals surface area contributed by atoms with Crippen LogP contribution in [0.2, 0.25) is 6.32 Å². The van der Waals surface area contributed by atoms with Crippen molar-refractivity contribution in [1.82, 2.24) is 20.4 Å². The van der Waals surface area contributed by atoms with Gasteiger partial charge in [-0.25, -0.2) is 9.59 Å². The van der Waals surface area contributed by atoms with Gasteiger partial charge in [0, 0.05) is 13.1 Å². The van der Waals surface area contributed by atoms with Crippen molar-refractivity contribution in [3.05, 3.63) is 97.1 Å². The fourth-order valence-corrected chi connectivity index (χ4v) is 10.7. The van der Waals surface area contributed by atoms with Gasteiger partial charge in [0.25, 0.3) is 0 Å². The van der Waals surface area contributed by atoms with E-state index in [0.29, 0.717) is 69.4 Å². The minimum absolute atomic E-state index is 0.0321. The van der Waals surface area contributed by atoms with Gasteiger partial charge in [0.05, 0.1) is 36.7 Å². The summed E-state index contributed by atoms with van der Waals surface area (Å²) in [6.45, 7) is 23.3. The van der Waals surface area contributed by atoms with Crippen LogP contribution in [0.4, 0.5) is 9.59 Å². The van der Waals surface area contributed by atoms with Crippen molar-refractivity contribution in [3.8, 4) is 0 Å². The van der Waals surface area contributed by atoms with Crippen molar-refractivity contribution >= 4 is 45.4 Å². The van der Waals surface area contributed by atoms with Crippen molar-refractivity contribution in [1.29, 1.82) is 0 Å². The zero-order chi connectivity index (χ0) is 50.7. The molecule has 2 bridgehead atoms. The van der Waals surface area contributed by atoms with E-state index in [9.17, 15) is 29.2 Å². The van der Waals surface area contributed by atoms with Crippen molar-refractivity contribution < 1.29 is 58.1 Å². The number of hydrogen-bond donors (Lipinski definition) is 6. The second-order valence-corrected chi connectivity index (χ2v) is 21.1. The molecule has 0 spiro atoms. The summed E-state index contributed by atoms with van der Waals surface area (Å²) in [6.07, 6.45) is 7.57. The molecule has 0 radical (unpaired) electrons. The molecule has 3 heterocycles. The first-order valence-corrected chi connectivity index (χ1v) is 24.4. The van der Waals surface area contributed by atoms with Gasteiger partial charge in [-0.2, -0.15) is 0 Å². The van der Waals surface area contributed by atoms with Crippen molar-refractivity contribution in [2.75, 3.05) is 26.2 Å². The molecule has 69 heavy (non-hydrogen) atoms. The number of carbonyl (C=O) groups excluding carboxylic acids is 4. The average molecular weight is 957 g/mol. The van der Waals surface area contributed by atoms with Crippen LogP contribution in [0.25, 0.3) is 0 Å². The second-order valence-electron chi connectivity index (χ2n) is 21.1. The van der Waals surface area contributed by atoms with Gasteiger partial charge >= 0.3 is 33.5 Å². The van der Waals surface area contributed by atoms with Crippen LogP contribution in [0.15, 0.2) is 86.0 Å². The Morgan fingerprint density at radius 2 is 1.28 bits per heavy atom. The fraction of sp³-hybridized carbons (Fsp3) is 0.600. The third kappa shape index (κ3) is 14.9. The molecule has 3 saturated heterocycles. The molecule has 376 valence electrons. The van der Waals surface area contributed by atoms with Crippen LogP contribution < -0.4 is 10.6 Å². The topological polar surface area (TPSA) is 217 Å². The Hall–Kier alpha value is -4.65. The minimum atomic E-state index is -1.72. The molecule has 2 aromatic carbocycles. The smallest absolute Gasteiger partial charge is 0.441 e. The Morgan fingerprint density at radius 3 is 1.71 bits per heavy atom. The van der Waals surface area contributed by atoms with Crippen LogP contribution in [-0.4, -0.2) is 136 Å². The van der Waals surface area contributed by atoms with E-state index in [1.54, 1.807) is 16.7 Å². The number of nitrogens with zero attached hydrogens (tertiary/aromatic N) is 2. The third-order valence-electron chi connectivity index (χ3n) is 14.5. The number of likely N-dealkylation sites (tertiary alicyclic amines) is 2. The molecule has 4 amide bonds. The molecule has 6 aliphatic rings. The van der Waals surface area contributed by atoms with E-state index < -0.39 is 56.6 Å². The molecule has 2 aromatic rings. The monoisotopic (exact) mass is 957 g/mol. The lowest BCUT2D eigenvalue weighted by Crippen LogP contribution is -2.65. The maximum atomic E-state index is 13.2. The van der Waals surface area contributed by atoms with Crippen LogP contribution in [0.5, 0.6) is 0 Å². The summed E-state index contributed by atoms with van der Waals surface area (Å²) in [6, 6.07) is 19.3. The van der Waals surface area contributed by atoms with Gasteiger partial charge in [-0.3, -0.25) is 9.59 Å². The maximum Gasteiger partial charge on any atom is 0.482 e. The van der Waals surface area contributed by atoms with E-state index >= 15 is 0 Å². The Labute approximate surface area is 410 Å². The standard InChI is InChI=1S/C28H39BN2O5.C18H25BN2O5.C4H11BO2/c1-6-24(32)31-14-10-13-27(4,18-31)34-25(33)30-23(15-19-11-8-7-9-12-19)29-35-22-17-20-16-21(26(20,2)3)28(22,5)36-29;1-3-16(22)21-11-7-10-18(2,13-21)26-17(23)20-15(19(24)25)12-14-8-5-4-6-9-14;1-4(2)3-5(6)7/h6-9,11-12,20-23H,1,10,13-18H2,2-5H3,(H,30,33);3-6,8-9,15,24-25H,1,7,10-13H2,2H3,(H,20,23);4,6-7H,3H2,1-2H3/t20-,21-,22+,23-,27?,28-;15-,18?;/m00./s1. The normalized spacial score (nSPS) is 27.2. The summed E-state index contributed by atoms with van der Waals surface area (Å²) in [5.41, 5.74) is 0.239. The molecule has 0 aromatic heterocycles. The fourth-order valence-electron chi connectivity index (χ4n) is 10.7. The van der Waals surface area contributed by atoms with Crippen LogP contribution in [0.3, 0.4) is 0 Å². The quantitative estimate of drug-likeness (QED) is 0.107. The Morgan fingerprint density at radius 1 is 0.783 bits per heavy atom. The number of ether oxygens (including phenoxy) is 2. The van der Waals surface area contributed by atoms with Gasteiger partial charge in [-0.15, -0.1) is 0 Å². The molecule has 3 saturated carbocycles. The van der Waals surface area contributed by atoms with Crippen molar-refractivity contribution in [2.45, 2.75) is 141 Å². The lowest BCUT2D eigenvalue weighted by atomic mass is 9.43. The van der Waals surface area contributed by atoms with Gasteiger partial charge in [0.1, 0.15) is 11.2 Å². The van der Waals surface area contributed by atoms with Crippen LogP contribution in [0.1, 0.15) is 98.1 Å². The van der Waals surface area contributed by atoms with E-state index in [1.165, 1.54) is 18.6 Å². The largest absolute Gasteiger partial charge is 0.482 e. The van der Waals surface area contributed by atoms with E-state index in [0.717, 1.165) is 24.0 Å². The number of hydrogen-bond acceptors (Lipinski definition) is 12. The number of amides is 4. The van der Waals surface area contributed by atoms with Crippen LogP contribution >= 0.6 is 0 Å². The van der Waals surface area contributed by atoms with E-state index in [-0.39, 0.29) is 41.9 Å². The number of benzene rings is 2. The molecule has 3 aliphatic carbocycles. The summed E-state index contributed by atoms with van der Waals surface area (Å²) < 4.78 is 24.7. The van der Waals surface area contributed by atoms with Gasteiger partial charge in [0.15, 0.2) is 0 Å². The third-order valence-corrected chi connectivity index (χ3v) is 14.5. The first-order valence-electron chi connectivity index (χ1n) is 24.4. The molecule has 16 nitrogen and oxygen atoms in total. The van der Waals surface area contributed by atoms with Crippen molar-refractivity contribution in [3.63, 3.8) is 0 Å². The first-order chi connectivity index (χ1) is 32.5. The Kier molecular flexibility index (Phi) is 19.2. The molecule has 3 aliphatic heterocycles. The number of alkyl carbamates (subject to hydrolysis) is 2. The zero-order valence-corrected chi connectivity index (χ0v) is 41.7. The number of carbonyl (C=O) groups is 4. The maximum absolute atomic E-state index is 13.2. The van der Waals surface area contributed by atoms with Gasteiger partial charge in [-0.05, 0) is 125 Å². The summed E-state index contributed by atoms with van der Waals surface area (Å²) in [5, 5.41) is 41.3. The van der Waals surface area contributed by atoms with Crippen molar-refractivity contribution in [2.24, 2.45) is 23.2 Å². The lowest BCUT2D eigenvalue weighted by Gasteiger charge is -2.64. The molecule has 6 fully saturated rings. The van der Waals surface area contributed by atoms with E-state index in [4.69, 9.17) is 28.8 Å². The highest BCUT2D eigenvalue weighted by molar-refractivity contribution is 6.48. The average Bonchev–Trinajstić information content (AvgIpc) is 3.65. The van der Waals surface area contributed by atoms with E-state index in [2.05, 4.69) is 44.6 Å².